The van der Waals surface area contributed by atoms with Crippen molar-refractivity contribution in [2.75, 3.05) is 0 Å². The Bertz CT molecular complexity index is 1300. The van der Waals surface area contributed by atoms with Gasteiger partial charge < -0.3 is 4.74 Å². The van der Waals surface area contributed by atoms with Gasteiger partial charge in [0.05, 0.1) is 22.7 Å². The number of Topliss-reactive ketones (excluding diaryl/α,β-unsaturated/α-hetero) is 1. The van der Waals surface area contributed by atoms with Crippen LogP contribution >= 0.6 is 11.6 Å². The molecule has 12 heteroatoms. The van der Waals surface area contributed by atoms with Crippen molar-refractivity contribution in [2.45, 2.75) is 38.7 Å². The van der Waals surface area contributed by atoms with E-state index >= 15 is 0 Å². The summed E-state index contributed by atoms with van der Waals surface area (Å²) >= 11 is 6.21. The second kappa shape index (κ2) is 8.43. The van der Waals surface area contributed by atoms with Gasteiger partial charge in [0.25, 0.3) is 5.92 Å². The molecule has 178 valence electrons. The molecule has 0 radical (unpaired) electrons. The van der Waals surface area contributed by atoms with Gasteiger partial charge in [0.1, 0.15) is 0 Å². The van der Waals surface area contributed by atoms with Crippen LogP contribution in [0.1, 0.15) is 42.2 Å². The topological polar surface area (TPSA) is 85.7 Å². The van der Waals surface area contributed by atoms with E-state index in [4.69, 9.17) is 11.6 Å². The van der Waals surface area contributed by atoms with Crippen molar-refractivity contribution in [1.82, 2.24) is 19.6 Å². The Kier molecular flexibility index (Phi) is 5.89. The minimum Gasteiger partial charge on any atom is -0.428 e. The number of aromatic nitrogens is 4. The number of carbonyl (C=O) groups excluding carboxylic acids is 1. The molecule has 3 aromatic rings. The molecule has 0 saturated heterocycles. The molecule has 2 aromatic heterocycles. The molecule has 34 heavy (non-hydrogen) atoms. The molecule has 0 amide bonds. The van der Waals surface area contributed by atoms with Gasteiger partial charge in [-0.1, -0.05) is 17.7 Å². The molecule has 0 atom stereocenters. The SMILES string of the molecule is Cn1nc(C(C)(F)F)c(OC(F)F)c1-n1cc(-c2ccc(Cl)c(C(=O)CC3(C#N)CC3)c2)cn1. The van der Waals surface area contributed by atoms with Crippen molar-refractivity contribution in [1.29, 1.82) is 5.26 Å². The smallest absolute Gasteiger partial charge is 0.387 e. The maximum Gasteiger partial charge on any atom is 0.387 e. The van der Waals surface area contributed by atoms with E-state index in [9.17, 15) is 27.6 Å². The third-order valence-electron chi connectivity index (χ3n) is 5.59. The van der Waals surface area contributed by atoms with E-state index in [-0.39, 0.29) is 28.6 Å². The van der Waals surface area contributed by atoms with Crippen molar-refractivity contribution >= 4 is 17.4 Å². The summed E-state index contributed by atoms with van der Waals surface area (Å²) in [6, 6.07) is 6.87. The van der Waals surface area contributed by atoms with Gasteiger partial charge in [-0.25, -0.2) is 9.36 Å². The molecule has 2 heterocycles. The highest BCUT2D eigenvalue weighted by molar-refractivity contribution is 6.34. The van der Waals surface area contributed by atoms with Crippen LogP contribution in [-0.2, 0) is 13.0 Å². The number of halogens is 5. The second-order valence-corrected chi connectivity index (χ2v) is 8.66. The van der Waals surface area contributed by atoms with Gasteiger partial charge in [-0.3, -0.25) is 4.79 Å². The fourth-order valence-electron chi connectivity index (χ4n) is 3.62. The van der Waals surface area contributed by atoms with Gasteiger partial charge >= 0.3 is 6.61 Å². The summed E-state index contributed by atoms with van der Waals surface area (Å²) in [4.78, 5) is 12.8. The van der Waals surface area contributed by atoms with Crippen molar-refractivity contribution in [2.24, 2.45) is 12.5 Å². The molecule has 0 spiro atoms. The summed E-state index contributed by atoms with van der Waals surface area (Å²) < 4.78 is 60.3. The number of nitrogens with zero attached hydrogens (tertiary/aromatic N) is 5. The molecule has 0 N–H and O–H groups in total. The first kappa shape index (κ1) is 23.8. The molecular formula is C22H18ClF4N5O2. The summed E-state index contributed by atoms with van der Waals surface area (Å²) in [5, 5.41) is 17.2. The van der Waals surface area contributed by atoms with Crippen LogP contribution in [0.5, 0.6) is 5.75 Å². The lowest BCUT2D eigenvalue weighted by Crippen LogP contribution is -2.13. The number of rotatable bonds is 8. The number of aryl methyl sites for hydroxylation is 1. The number of benzene rings is 1. The first-order chi connectivity index (χ1) is 15.9. The Balaban J connectivity index is 1.71. The number of hydrogen-bond donors (Lipinski definition) is 0. The Morgan fingerprint density at radius 2 is 2.06 bits per heavy atom. The van der Waals surface area contributed by atoms with E-state index in [2.05, 4.69) is 21.0 Å². The molecule has 7 nitrogen and oxygen atoms in total. The fourth-order valence-corrected chi connectivity index (χ4v) is 3.84. The van der Waals surface area contributed by atoms with Crippen LogP contribution in [0.25, 0.3) is 16.9 Å². The third kappa shape index (κ3) is 4.50. The largest absolute Gasteiger partial charge is 0.428 e. The highest BCUT2D eigenvalue weighted by atomic mass is 35.5. The Labute approximate surface area is 196 Å². The molecule has 4 rings (SSSR count). The molecule has 0 aliphatic heterocycles. The van der Waals surface area contributed by atoms with E-state index in [1.165, 1.54) is 25.5 Å². The molecule has 1 aromatic carbocycles. The van der Waals surface area contributed by atoms with Gasteiger partial charge in [0, 0.05) is 37.7 Å². The normalized spacial score (nSPS) is 14.8. The standard InChI is InChI=1S/C22H18ClF4N5O2/c1-21(26,27)18-17(34-20(24)25)19(31(2)30-18)32-10-13(9-29-32)12-3-4-15(23)14(7-12)16(33)8-22(11-28)5-6-22/h3-4,7,9-10,20H,5-6,8H2,1-2H3. The molecule has 1 saturated carbocycles. The van der Waals surface area contributed by atoms with E-state index < -0.39 is 29.4 Å². The summed E-state index contributed by atoms with van der Waals surface area (Å²) in [5.74, 6) is -4.83. The highest BCUT2D eigenvalue weighted by Gasteiger charge is 2.45. The number of carbonyl (C=O) groups is 1. The van der Waals surface area contributed by atoms with E-state index in [0.29, 0.717) is 30.9 Å². The minimum atomic E-state index is -3.54. The number of hydrogen-bond acceptors (Lipinski definition) is 5. The lowest BCUT2D eigenvalue weighted by molar-refractivity contribution is -0.0565. The van der Waals surface area contributed by atoms with Gasteiger partial charge in [-0.15, -0.1) is 0 Å². The predicted molar refractivity (Wildman–Crippen MR) is 113 cm³/mol. The molecule has 0 unspecified atom stereocenters. The Morgan fingerprint density at radius 3 is 2.65 bits per heavy atom. The van der Waals surface area contributed by atoms with Gasteiger partial charge in [0.2, 0.25) is 0 Å². The molecular weight excluding hydrogens is 478 g/mol. The number of alkyl halides is 4. The summed E-state index contributed by atoms with van der Waals surface area (Å²) in [6.07, 6.45) is 4.15. The van der Waals surface area contributed by atoms with Crippen LogP contribution in [0, 0.1) is 16.7 Å². The molecule has 1 fully saturated rings. The van der Waals surface area contributed by atoms with Crippen molar-refractivity contribution in [3.05, 3.63) is 46.9 Å². The zero-order chi connectivity index (χ0) is 24.8. The van der Waals surface area contributed by atoms with Crippen molar-refractivity contribution < 1.29 is 27.1 Å². The number of nitriles is 1. The highest BCUT2D eigenvalue weighted by Crippen LogP contribution is 2.49. The van der Waals surface area contributed by atoms with Crippen LogP contribution in [0.15, 0.2) is 30.6 Å². The van der Waals surface area contributed by atoms with Gasteiger partial charge in [0.15, 0.2) is 23.0 Å². The van der Waals surface area contributed by atoms with Crippen LogP contribution in [-0.4, -0.2) is 32.0 Å². The zero-order valence-corrected chi connectivity index (χ0v) is 18.8. The zero-order valence-electron chi connectivity index (χ0n) is 18.0. The number of ether oxygens (including phenoxy) is 1. The maximum atomic E-state index is 14.0. The van der Waals surface area contributed by atoms with Crippen LogP contribution < -0.4 is 4.74 Å². The van der Waals surface area contributed by atoms with Crippen LogP contribution in [0.4, 0.5) is 17.6 Å². The average molecular weight is 496 g/mol. The Morgan fingerprint density at radius 1 is 1.35 bits per heavy atom. The summed E-state index contributed by atoms with van der Waals surface area (Å²) in [6.45, 7) is -2.83. The molecule has 1 aliphatic carbocycles. The lowest BCUT2D eigenvalue weighted by atomic mass is 9.95. The molecule has 0 bridgehead atoms. The van der Waals surface area contributed by atoms with Crippen LogP contribution in [0.3, 0.4) is 0 Å². The first-order valence-corrected chi connectivity index (χ1v) is 10.5. The molecule has 1 aliphatic rings. The Hall–Kier alpha value is -3.39. The van der Waals surface area contributed by atoms with E-state index in [0.717, 1.165) is 9.36 Å². The van der Waals surface area contributed by atoms with E-state index in [1.807, 2.05) is 0 Å². The summed E-state index contributed by atoms with van der Waals surface area (Å²) in [7, 11) is 1.30. The monoisotopic (exact) mass is 495 g/mol. The predicted octanol–water partition coefficient (Wildman–Crippen LogP) is 5.52. The lowest BCUT2D eigenvalue weighted by Gasteiger charge is -2.11. The maximum absolute atomic E-state index is 14.0. The van der Waals surface area contributed by atoms with Crippen molar-refractivity contribution in [3.63, 3.8) is 0 Å². The number of ketones is 1. The fraction of sp³-hybridized carbons (Fsp3) is 0.364. The minimum absolute atomic E-state index is 0.0588. The van der Waals surface area contributed by atoms with E-state index in [1.54, 1.807) is 12.1 Å². The summed E-state index contributed by atoms with van der Waals surface area (Å²) in [5.41, 5.74) is -0.362. The van der Waals surface area contributed by atoms with Crippen molar-refractivity contribution in [3.8, 4) is 28.8 Å². The third-order valence-corrected chi connectivity index (χ3v) is 5.92. The first-order valence-electron chi connectivity index (χ1n) is 10.1. The van der Waals surface area contributed by atoms with Gasteiger partial charge in [-0.05, 0) is 30.5 Å². The average Bonchev–Trinajstić information content (AvgIpc) is 3.21. The van der Waals surface area contributed by atoms with Crippen LogP contribution in [0.2, 0.25) is 5.02 Å². The quantitative estimate of drug-likeness (QED) is 0.303. The van der Waals surface area contributed by atoms with Gasteiger partial charge in [-0.2, -0.15) is 33.0 Å². The second-order valence-electron chi connectivity index (χ2n) is 8.25.